The third-order valence-electron chi connectivity index (χ3n) is 4.18. The molecule has 3 nitrogen and oxygen atoms in total. The van der Waals surface area contributed by atoms with Crippen LogP contribution in [0.1, 0.15) is 42.1 Å². The number of carbonyl (C=O) groups excluding carboxylic acids is 1. The second-order valence-corrected chi connectivity index (χ2v) is 5.89. The van der Waals surface area contributed by atoms with E-state index < -0.39 is 0 Å². The number of benzene rings is 2. The summed E-state index contributed by atoms with van der Waals surface area (Å²) in [7, 11) is 0. The van der Waals surface area contributed by atoms with Crippen molar-refractivity contribution >= 4 is 6.03 Å². The van der Waals surface area contributed by atoms with E-state index in [4.69, 9.17) is 0 Å². The highest BCUT2D eigenvalue weighted by atomic mass is 16.2. The Labute approximate surface area is 139 Å². The maximum atomic E-state index is 12.0. The fraction of sp³-hybridized carbons (Fsp3) is 0.350. The molecule has 2 aromatic rings. The fourth-order valence-corrected chi connectivity index (χ4v) is 2.57. The molecule has 0 saturated carbocycles. The lowest BCUT2D eigenvalue weighted by atomic mass is 10.1. The second kappa shape index (κ2) is 8.37. The number of carbonyl (C=O) groups is 1. The van der Waals surface area contributed by atoms with Gasteiger partial charge in [-0.3, -0.25) is 0 Å². The van der Waals surface area contributed by atoms with Crippen molar-refractivity contribution in [3.8, 4) is 0 Å². The molecule has 2 N–H and O–H groups in total. The highest BCUT2D eigenvalue weighted by Crippen LogP contribution is 2.13. The molecule has 3 heteroatoms. The zero-order chi connectivity index (χ0) is 16.7. The van der Waals surface area contributed by atoms with Crippen molar-refractivity contribution in [3.63, 3.8) is 0 Å². The Kier molecular flexibility index (Phi) is 6.21. The maximum Gasteiger partial charge on any atom is 0.315 e. The highest BCUT2D eigenvalue weighted by Gasteiger charge is 2.09. The van der Waals surface area contributed by atoms with Gasteiger partial charge < -0.3 is 10.6 Å². The van der Waals surface area contributed by atoms with E-state index in [1.165, 1.54) is 16.7 Å². The molecule has 0 aromatic heterocycles. The van der Waals surface area contributed by atoms with Crippen LogP contribution < -0.4 is 10.6 Å². The molecular weight excluding hydrogens is 284 g/mol. The van der Waals surface area contributed by atoms with E-state index in [2.05, 4.69) is 60.9 Å². The third-order valence-corrected chi connectivity index (χ3v) is 4.18. The number of hydrogen-bond donors (Lipinski definition) is 2. The Bertz CT molecular complexity index is 634. The molecule has 0 heterocycles. The number of urea groups is 1. The van der Waals surface area contributed by atoms with Gasteiger partial charge in [0.1, 0.15) is 0 Å². The summed E-state index contributed by atoms with van der Waals surface area (Å²) in [4.78, 5) is 12.0. The van der Waals surface area contributed by atoms with Gasteiger partial charge in [0.15, 0.2) is 0 Å². The van der Waals surface area contributed by atoms with Crippen LogP contribution >= 0.6 is 0 Å². The molecule has 0 bridgehead atoms. The predicted molar refractivity (Wildman–Crippen MR) is 95.7 cm³/mol. The van der Waals surface area contributed by atoms with E-state index in [0.29, 0.717) is 6.54 Å². The molecule has 23 heavy (non-hydrogen) atoms. The number of nitrogens with one attached hydrogen (secondary N) is 2. The van der Waals surface area contributed by atoms with E-state index in [0.717, 1.165) is 18.4 Å². The third kappa shape index (κ3) is 5.13. The number of rotatable bonds is 6. The van der Waals surface area contributed by atoms with Gasteiger partial charge in [-0.1, -0.05) is 55.5 Å². The van der Waals surface area contributed by atoms with E-state index in [1.54, 1.807) is 0 Å². The molecule has 0 radical (unpaired) electrons. The molecule has 0 spiro atoms. The van der Waals surface area contributed by atoms with Gasteiger partial charge in [0.05, 0.1) is 6.04 Å². The van der Waals surface area contributed by atoms with Gasteiger partial charge in [-0.15, -0.1) is 0 Å². The number of aryl methyl sites for hydroxylation is 2. The van der Waals surface area contributed by atoms with Crippen molar-refractivity contribution in [1.29, 1.82) is 0 Å². The van der Waals surface area contributed by atoms with Gasteiger partial charge in [0, 0.05) is 6.54 Å². The molecule has 0 aliphatic rings. The highest BCUT2D eigenvalue weighted by molar-refractivity contribution is 5.74. The summed E-state index contributed by atoms with van der Waals surface area (Å²) in [5, 5.41) is 5.92. The first-order chi connectivity index (χ1) is 11.1. The standard InChI is InChI=1S/C20H26N2O/c1-4-17-9-11-19(12-10-17)16(3)22-20(23)21-14-13-18-8-6-5-7-15(18)2/h5-12,16H,4,13-14H2,1-3H3,(H2,21,22,23). The summed E-state index contributed by atoms with van der Waals surface area (Å²) in [5.74, 6) is 0. The Morgan fingerprint density at radius 1 is 1.09 bits per heavy atom. The lowest BCUT2D eigenvalue weighted by molar-refractivity contribution is 0.238. The number of amides is 2. The molecule has 1 atom stereocenters. The summed E-state index contributed by atoms with van der Waals surface area (Å²) in [6, 6.07) is 16.5. The van der Waals surface area contributed by atoms with Crippen molar-refractivity contribution in [2.45, 2.75) is 39.7 Å². The van der Waals surface area contributed by atoms with E-state index in [1.807, 2.05) is 19.1 Å². The predicted octanol–water partition coefficient (Wildman–Crippen LogP) is 4.16. The molecule has 2 aromatic carbocycles. The van der Waals surface area contributed by atoms with Crippen LogP contribution in [0, 0.1) is 6.92 Å². The van der Waals surface area contributed by atoms with Gasteiger partial charge in [0.2, 0.25) is 0 Å². The summed E-state index contributed by atoms with van der Waals surface area (Å²) in [5.41, 5.74) is 4.97. The van der Waals surface area contributed by atoms with Crippen molar-refractivity contribution in [3.05, 3.63) is 70.8 Å². The van der Waals surface area contributed by atoms with Crippen LogP contribution in [-0.4, -0.2) is 12.6 Å². The van der Waals surface area contributed by atoms with Crippen LogP contribution in [0.4, 0.5) is 4.79 Å². The molecular formula is C20H26N2O. The van der Waals surface area contributed by atoms with E-state index in [-0.39, 0.29) is 12.1 Å². The van der Waals surface area contributed by atoms with Crippen LogP contribution in [-0.2, 0) is 12.8 Å². The summed E-state index contributed by atoms with van der Waals surface area (Å²) in [6.07, 6.45) is 1.88. The van der Waals surface area contributed by atoms with Crippen LogP contribution in [0.15, 0.2) is 48.5 Å². The number of hydrogen-bond acceptors (Lipinski definition) is 1. The van der Waals surface area contributed by atoms with Gasteiger partial charge in [-0.2, -0.15) is 0 Å². The van der Waals surface area contributed by atoms with Crippen LogP contribution in [0.3, 0.4) is 0 Å². The lowest BCUT2D eigenvalue weighted by Gasteiger charge is -2.15. The molecule has 122 valence electrons. The summed E-state index contributed by atoms with van der Waals surface area (Å²) < 4.78 is 0. The first kappa shape index (κ1) is 17.1. The second-order valence-electron chi connectivity index (χ2n) is 5.89. The molecule has 1 unspecified atom stereocenters. The minimum atomic E-state index is -0.120. The minimum Gasteiger partial charge on any atom is -0.338 e. The molecule has 0 aliphatic carbocycles. The smallest absolute Gasteiger partial charge is 0.315 e. The topological polar surface area (TPSA) is 41.1 Å². The lowest BCUT2D eigenvalue weighted by Crippen LogP contribution is -2.38. The van der Waals surface area contributed by atoms with Gasteiger partial charge >= 0.3 is 6.03 Å². The average molecular weight is 310 g/mol. The van der Waals surface area contributed by atoms with Crippen LogP contribution in [0.5, 0.6) is 0 Å². The summed E-state index contributed by atoms with van der Waals surface area (Å²) in [6.45, 7) is 6.87. The van der Waals surface area contributed by atoms with Crippen molar-refractivity contribution < 1.29 is 4.79 Å². The van der Waals surface area contributed by atoms with Crippen molar-refractivity contribution in [2.75, 3.05) is 6.54 Å². The first-order valence-electron chi connectivity index (χ1n) is 8.28. The Balaban J connectivity index is 1.78. The van der Waals surface area contributed by atoms with Crippen molar-refractivity contribution in [1.82, 2.24) is 10.6 Å². The average Bonchev–Trinajstić information content (AvgIpc) is 2.56. The van der Waals surface area contributed by atoms with E-state index in [9.17, 15) is 4.79 Å². The molecule has 0 saturated heterocycles. The van der Waals surface area contributed by atoms with Crippen molar-refractivity contribution in [2.24, 2.45) is 0 Å². The molecule has 2 amide bonds. The first-order valence-corrected chi connectivity index (χ1v) is 8.28. The monoisotopic (exact) mass is 310 g/mol. The largest absolute Gasteiger partial charge is 0.338 e. The van der Waals surface area contributed by atoms with Gasteiger partial charge in [-0.25, -0.2) is 4.79 Å². The molecule has 0 aliphatic heterocycles. The normalized spacial score (nSPS) is 11.8. The molecule has 2 rings (SSSR count). The Morgan fingerprint density at radius 2 is 1.78 bits per heavy atom. The maximum absolute atomic E-state index is 12.0. The van der Waals surface area contributed by atoms with Gasteiger partial charge in [-0.05, 0) is 48.9 Å². The Morgan fingerprint density at radius 3 is 2.43 bits per heavy atom. The Hall–Kier alpha value is -2.29. The SMILES string of the molecule is CCc1ccc(C(C)NC(=O)NCCc2ccccc2C)cc1. The van der Waals surface area contributed by atoms with Crippen LogP contribution in [0.2, 0.25) is 0 Å². The van der Waals surface area contributed by atoms with E-state index >= 15 is 0 Å². The quantitative estimate of drug-likeness (QED) is 0.826. The molecule has 0 fully saturated rings. The van der Waals surface area contributed by atoms with Crippen LogP contribution in [0.25, 0.3) is 0 Å². The summed E-state index contributed by atoms with van der Waals surface area (Å²) >= 11 is 0. The minimum absolute atomic E-state index is 0.000586. The zero-order valence-electron chi connectivity index (χ0n) is 14.2. The zero-order valence-corrected chi connectivity index (χ0v) is 14.2. The fourth-order valence-electron chi connectivity index (χ4n) is 2.57. The van der Waals surface area contributed by atoms with Gasteiger partial charge in [0.25, 0.3) is 0 Å².